The van der Waals surface area contributed by atoms with Crippen molar-refractivity contribution in [2.24, 2.45) is 0 Å². The highest BCUT2D eigenvalue weighted by atomic mass is 35.5. The lowest BCUT2D eigenvalue weighted by atomic mass is 10.2. The zero-order valence-corrected chi connectivity index (χ0v) is 13.9. The SMILES string of the molecule is O=C(CCCc1nc(-c2ccc(Cl)cc2)no1)Nc1ncccc1O. The summed E-state index contributed by atoms with van der Waals surface area (Å²) >= 11 is 5.85. The zero-order valence-electron chi connectivity index (χ0n) is 13.1. The lowest BCUT2D eigenvalue weighted by Crippen LogP contribution is -2.12. The molecule has 128 valence electrons. The molecule has 0 spiro atoms. The first-order chi connectivity index (χ1) is 12.1. The maximum Gasteiger partial charge on any atom is 0.226 e. The minimum Gasteiger partial charge on any atom is -0.504 e. The molecule has 7 nitrogen and oxygen atoms in total. The van der Waals surface area contributed by atoms with Gasteiger partial charge in [-0.25, -0.2) is 4.98 Å². The first-order valence-corrected chi connectivity index (χ1v) is 8.02. The van der Waals surface area contributed by atoms with Gasteiger partial charge in [-0.15, -0.1) is 0 Å². The number of pyridine rings is 1. The summed E-state index contributed by atoms with van der Waals surface area (Å²) in [7, 11) is 0. The molecule has 0 saturated carbocycles. The normalized spacial score (nSPS) is 10.6. The third-order valence-electron chi connectivity index (χ3n) is 3.41. The Morgan fingerprint density at radius 3 is 2.80 bits per heavy atom. The number of halogens is 1. The molecular formula is C17H15ClN4O3. The van der Waals surface area contributed by atoms with Gasteiger partial charge in [-0.2, -0.15) is 4.98 Å². The van der Waals surface area contributed by atoms with Crippen LogP contribution in [0.25, 0.3) is 11.4 Å². The van der Waals surface area contributed by atoms with Crippen LogP contribution >= 0.6 is 11.6 Å². The Morgan fingerprint density at radius 1 is 1.24 bits per heavy atom. The number of nitrogens with zero attached hydrogens (tertiary/aromatic N) is 3. The summed E-state index contributed by atoms with van der Waals surface area (Å²) in [6, 6.07) is 10.2. The molecule has 2 heterocycles. The van der Waals surface area contributed by atoms with Crippen LogP contribution < -0.4 is 5.32 Å². The number of carbonyl (C=O) groups is 1. The number of benzene rings is 1. The van der Waals surface area contributed by atoms with E-state index in [-0.39, 0.29) is 23.9 Å². The predicted octanol–water partition coefficient (Wildman–Crippen LogP) is 3.45. The molecule has 8 heteroatoms. The molecule has 0 unspecified atom stereocenters. The first kappa shape index (κ1) is 16.9. The number of amides is 1. The van der Waals surface area contributed by atoms with Gasteiger partial charge in [0.15, 0.2) is 11.6 Å². The maximum absolute atomic E-state index is 11.9. The number of anilines is 1. The summed E-state index contributed by atoms with van der Waals surface area (Å²) < 4.78 is 5.19. The highest BCUT2D eigenvalue weighted by Crippen LogP contribution is 2.20. The van der Waals surface area contributed by atoms with Gasteiger partial charge in [-0.3, -0.25) is 4.79 Å². The molecule has 0 saturated heterocycles. The van der Waals surface area contributed by atoms with E-state index in [1.165, 1.54) is 12.3 Å². The summed E-state index contributed by atoms with van der Waals surface area (Å²) in [5.41, 5.74) is 0.808. The fraction of sp³-hybridized carbons (Fsp3) is 0.176. The van der Waals surface area contributed by atoms with Crippen LogP contribution in [0.15, 0.2) is 47.1 Å². The summed E-state index contributed by atoms with van der Waals surface area (Å²) in [4.78, 5) is 20.1. The molecule has 0 atom stereocenters. The van der Waals surface area contributed by atoms with E-state index < -0.39 is 0 Å². The van der Waals surface area contributed by atoms with Crippen molar-refractivity contribution >= 4 is 23.3 Å². The number of hydrogen-bond acceptors (Lipinski definition) is 6. The van der Waals surface area contributed by atoms with Crippen molar-refractivity contribution in [2.45, 2.75) is 19.3 Å². The Hall–Kier alpha value is -2.93. The van der Waals surface area contributed by atoms with E-state index >= 15 is 0 Å². The van der Waals surface area contributed by atoms with Crippen LogP contribution in [0.5, 0.6) is 5.75 Å². The number of aromatic nitrogens is 3. The van der Waals surface area contributed by atoms with E-state index in [2.05, 4.69) is 20.4 Å². The fourth-order valence-electron chi connectivity index (χ4n) is 2.16. The second-order valence-corrected chi connectivity index (χ2v) is 5.73. The quantitative estimate of drug-likeness (QED) is 0.699. The van der Waals surface area contributed by atoms with Gasteiger partial charge < -0.3 is 14.9 Å². The number of hydrogen-bond donors (Lipinski definition) is 2. The van der Waals surface area contributed by atoms with Gasteiger partial charge >= 0.3 is 0 Å². The molecule has 2 N–H and O–H groups in total. The number of nitrogens with one attached hydrogen (secondary N) is 1. The number of carbonyl (C=O) groups excluding carboxylic acids is 1. The minimum absolute atomic E-state index is 0.0691. The molecule has 3 rings (SSSR count). The smallest absolute Gasteiger partial charge is 0.226 e. The molecule has 2 aromatic heterocycles. The second-order valence-electron chi connectivity index (χ2n) is 5.29. The minimum atomic E-state index is -0.244. The Labute approximate surface area is 148 Å². The van der Waals surface area contributed by atoms with Crippen LogP contribution in [0.4, 0.5) is 5.82 Å². The van der Waals surface area contributed by atoms with Crippen molar-refractivity contribution in [3.63, 3.8) is 0 Å². The van der Waals surface area contributed by atoms with Crippen molar-refractivity contribution < 1.29 is 14.4 Å². The Morgan fingerprint density at radius 2 is 2.04 bits per heavy atom. The summed E-state index contributed by atoms with van der Waals surface area (Å²) in [5.74, 6) is 0.773. The van der Waals surface area contributed by atoms with E-state index in [1.54, 1.807) is 18.2 Å². The van der Waals surface area contributed by atoms with Crippen LogP contribution in [-0.2, 0) is 11.2 Å². The maximum atomic E-state index is 11.9. The van der Waals surface area contributed by atoms with Gasteiger partial charge in [0.25, 0.3) is 0 Å². The molecule has 0 aliphatic carbocycles. The van der Waals surface area contributed by atoms with Crippen LogP contribution in [0, 0.1) is 0 Å². The Bertz CT molecular complexity index is 864. The van der Waals surface area contributed by atoms with Gasteiger partial charge in [0.2, 0.25) is 17.6 Å². The van der Waals surface area contributed by atoms with Crippen molar-refractivity contribution in [3.8, 4) is 17.1 Å². The third kappa shape index (κ3) is 4.54. The van der Waals surface area contributed by atoms with E-state index in [9.17, 15) is 9.90 Å². The number of aryl methyl sites for hydroxylation is 1. The standard InChI is InChI=1S/C17H15ClN4O3/c18-12-8-6-11(7-9-12)16-21-15(25-22-16)5-1-4-14(24)20-17-13(23)3-2-10-19-17/h2-3,6-10,23H,1,4-5H2,(H,19,20,24). The molecule has 25 heavy (non-hydrogen) atoms. The summed E-state index contributed by atoms with van der Waals surface area (Å²) in [6.45, 7) is 0. The largest absolute Gasteiger partial charge is 0.504 e. The molecule has 0 radical (unpaired) electrons. The zero-order chi connectivity index (χ0) is 17.6. The first-order valence-electron chi connectivity index (χ1n) is 7.64. The van der Waals surface area contributed by atoms with E-state index in [0.29, 0.717) is 29.6 Å². The Kier molecular flexibility index (Phi) is 5.25. The number of aromatic hydroxyl groups is 1. The molecule has 3 aromatic rings. The Balaban J connectivity index is 1.50. The van der Waals surface area contributed by atoms with Crippen molar-refractivity contribution in [1.29, 1.82) is 0 Å². The van der Waals surface area contributed by atoms with Crippen molar-refractivity contribution in [3.05, 3.63) is 53.5 Å². The predicted molar refractivity (Wildman–Crippen MR) is 92.2 cm³/mol. The molecule has 0 aliphatic heterocycles. The van der Waals surface area contributed by atoms with E-state index in [0.717, 1.165) is 5.56 Å². The average Bonchev–Trinajstić information content (AvgIpc) is 3.06. The molecular weight excluding hydrogens is 344 g/mol. The van der Waals surface area contributed by atoms with Crippen LogP contribution in [0.1, 0.15) is 18.7 Å². The molecule has 0 fully saturated rings. The van der Waals surface area contributed by atoms with Gasteiger partial charge in [-0.05, 0) is 42.8 Å². The van der Waals surface area contributed by atoms with Gasteiger partial charge in [0, 0.05) is 29.6 Å². The molecule has 0 aliphatic rings. The fourth-order valence-corrected chi connectivity index (χ4v) is 2.29. The van der Waals surface area contributed by atoms with Gasteiger partial charge in [0.1, 0.15) is 0 Å². The molecule has 1 aromatic carbocycles. The van der Waals surface area contributed by atoms with Crippen molar-refractivity contribution in [1.82, 2.24) is 15.1 Å². The highest BCUT2D eigenvalue weighted by molar-refractivity contribution is 6.30. The summed E-state index contributed by atoms with van der Waals surface area (Å²) in [6.07, 6.45) is 2.74. The van der Waals surface area contributed by atoms with E-state index in [1.807, 2.05) is 12.1 Å². The van der Waals surface area contributed by atoms with E-state index in [4.69, 9.17) is 16.1 Å². The number of rotatable bonds is 6. The van der Waals surface area contributed by atoms with Gasteiger partial charge in [0.05, 0.1) is 0 Å². The van der Waals surface area contributed by atoms with Crippen LogP contribution in [-0.4, -0.2) is 26.1 Å². The second kappa shape index (κ2) is 7.76. The average molecular weight is 359 g/mol. The van der Waals surface area contributed by atoms with Gasteiger partial charge in [-0.1, -0.05) is 16.8 Å². The summed E-state index contributed by atoms with van der Waals surface area (Å²) in [5, 5.41) is 16.7. The lowest BCUT2D eigenvalue weighted by Gasteiger charge is -2.04. The monoisotopic (exact) mass is 358 g/mol. The van der Waals surface area contributed by atoms with Crippen molar-refractivity contribution in [2.75, 3.05) is 5.32 Å². The van der Waals surface area contributed by atoms with Crippen LogP contribution in [0.3, 0.4) is 0 Å². The molecule has 0 bridgehead atoms. The van der Waals surface area contributed by atoms with Crippen LogP contribution in [0.2, 0.25) is 5.02 Å². The topological polar surface area (TPSA) is 101 Å². The molecule has 1 amide bonds. The lowest BCUT2D eigenvalue weighted by molar-refractivity contribution is -0.116. The third-order valence-corrected chi connectivity index (χ3v) is 3.66. The highest BCUT2D eigenvalue weighted by Gasteiger charge is 2.11.